The zero-order valence-electron chi connectivity index (χ0n) is 12.5. The van der Waals surface area contributed by atoms with Gasteiger partial charge in [0.1, 0.15) is 0 Å². The summed E-state index contributed by atoms with van der Waals surface area (Å²) >= 11 is 0. The minimum absolute atomic E-state index is 0.0346. The maximum Gasteiger partial charge on any atom is 0.269 e. The van der Waals surface area contributed by atoms with Gasteiger partial charge in [-0.3, -0.25) is 14.9 Å². The lowest BCUT2D eigenvalue weighted by Crippen LogP contribution is -2.42. The lowest BCUT2D eigenvalue weighted by molar-refractivity contribution is -0.384. The molecule has 4 aliphatic rings. The van der Waals surface area contributed by atoms with E-state index >= 15 is 0 Å². The first-order valence-electron chi connectivity index (χ1n) is 8.15. The van der Waals surface area contributed by atoms with E-state index in [1.165, 1.54) is 31.4 Å². The van der Waals surface area contributed by atoms with Crippen LogP contribution in [0.25, 0.3) is 0 Å². The van der Waals surface area contributed by atoms with Crippen molar-refractivity contribution < 1.29 is 9.72 Å². The summed E-state index contributed by atoms with van der Waals surface area (Å²) in [6, 6.07) is 6.41. The second-order valence-electron chi connectivity index (χ2n) is 7.19. The van der Waals surface area contributed by atoms with E-state index in [4.69, 9.17) is 0 Å². The smallest absolute Gasteiger partial charge is 0.269 e. The minimum atomic E-state index is -0.430. The van der Waals surface area contributed by atoms with E-state index in [2.05, 4.69) is 4.90 Å². The van der Waals surface area contributed by atoms with Gasteiger partial charge in [-0.15, -0.1) is 0 Å². The SMILES string of the molecule is O=C(c1ccc([N+](=O)[O-])cc1)N1CC2CC3CC(C2)CC1C3. The molecule has 5 heteroatoms. The number of nitro groups is 1. The molecule has 0 aromatic heterocycles. The van der Waals surface area contributed by atoms with Crippen molar-refractivity contribution in [2.24, 2.45) is 17.8 Å². The fraction of sp³-hybridized carbons (Fsp3) is 0.588. The molecule has 2 aliphatic carbocycles. The van der Waals surface area contributed by atoms with Gasteiger partial charge in [0.15, 0.2) is 0 Å². The number of fused-ring (bicyclic) bond motifs is 1. The Kier molecular flexibility index (Phi) is 3.17. The summed E-state index contributed by atoms with van der Waals surface area (Å²) in [6.07, 6.45) is 6.19. The van der Waals surface area contributed by atoms with Gasteiger partial charge < -0.3 is 4.90 Å². The van der Waals surface area contributed by atoms with Gasteiger partial charge in [0.05, 0.1) is 4.92 Å². The van der Waals surface area contributed by atoms with E-state index in [0.29, 0.717) is 17.5 Å². The molecule has 2 aliphatic heterocycles. The molecule has 5 rings (SSSR count). The van der Waals surface area contributed by atoms with Gasteiger partial charge in [0.25, 0.3) is 11.6 Å². The first-order valence-corrected chi connectivity index (χ1v) is 8.15. The number of non-ortho nitro benzene ring substituents is 1. The largest absolute Gasteiger partial charge is 0.335 e. The number of hydrogen-bond donors (Lipinski definition) is 0. The van der Waals surface area contributed by atoms with Crippen LogP contribution in [0.4, 0.5) is 5.69 Å². The number of benzene rings is 1. The van der Waals surface area contributed by atoms with Gasteiger partial charge >= 0.3 is 0 Å². The van der Waals surface area contributed by atoms with E-state index in [1.807, 2.05) is 0 Å². The average Bonchev–Trinajstić information content (AvgIpc) is 2.70. The lowest BCUT2D eigenvalue weighted by atomic mass is 9.68. The topological polar surface area (TPSA) is 63.4 Å². The monoisotopic (exact) mass is 300 g/mol. The molecule has 5 nitrogen and oxygen atoms in total. The van der Waals surface area contributed by atoms with Crippen molar-refractivity contribution in [2.75, 3.05) is 6.54 Å². The van der Waals surface area contributed by atoms with Crippen LogP contribution in [0.2, 0.25) is 0 Å². The van der Waals surface area contributed by atoms with Crippen LogP contribution in [0.15, 0.2) is 24.3 Å². The second kappa shape index (κ2) is 5.07. The Hall–Kier alpha value is -1.91. The summed E-state index contributed by atoms with van der Waals surface area (Å²) in [5, 5.41) is 10.7. The van der Waals surface area contributed by atoms with Crippen LogP contribution in [0, 0.1) is 27.9 Å². The van der Waals surface area contributed by atoms with Crippen molar-refractivity contribution in [1.82, 2.24) is 4.90 Å². The van der Waals surface area contributed by atoms with Gasteiger partial charge in [0.2, 0.25) is 0 Å². The molecule has 2 saturated heterocycles. The summed E-state index contributed by atoms with van der Waals surface area (Å²) in [6.45, 7) is 0.869. The molecule has 1 aromatic carbocycles. The molecule has 0 radical (unpaired) electrons. The van der Waals surface area contributed by atoms with E-state index in [9.17, 15) is 14.9 Å². The third-order valence-corrected chi connectivity index (χ3v) is 5.69. The molecule has 1 aromatic rings. The van der Waals surface area contributed by atoms with Crippen LogP contribution in [0.1, 0.15) is 42.5 Å². The van der Waals surface area contributed by atoms with Gasteiger partial charge in [-0.05, 0) is 62.0 Å². The van der Waals surface area contributed by atoms with E-state index in [-0.39, 0.29) is 11.6 Å². The number of rotatable bonds is 2. The number of carbonyl (C=O) groups excluding carboxylic acids is 1. The van der Waals surface area contributed by atoms with E-state index in [0.717, 1.165) is 31.2 Å². The number of hydrogen-bond acceptors (Lipinski definition) is 3. The Morgan fingerprint density at radius 1 is 1.00 bits per heavy atom. The number of carbonyl (C=O) groups is 1. The highest BCUT2D eigenvalue weighted by Crippen LogP contribution is 2.47. The Labute approximate surface area is 129 Å². The van der Waals surface area contributed by atoms with Gasteiger partial charge in [-0.25, -0.2) is 0 Å². The Bertz CT molecular complexity index is 599. The summed E-state index contributed by atoms with van der Waals surface area (Å²) in [4.78, 5) is 25.2. The third-order valence-electron chi connectivity index (χ3n) is 5.69. The zero-order valence-corrected chi connectivity index (χ0v) is 12.5. The molecule has 2 atom stereocenters. The molecule has 22 heavy (non-hydrogen) atoms. The number of nitro benzene ring substituents is 1. The molecule has 2 unspecified atom stereocenters. The summed E-state index contributed by atoms with van der Waals surface area (Å²) in [5.41, 5.74) is 0.610. The van der Waals surface area contributed by atoms with Crippen LogP contribution in [-0.4, -0.2) is 28.3 Å². The quantitative estimate of drug-likeness (QED) is 0.622. The van der Waals surface area contributed by atoms with Crippen molar-refractivity contribution >= 4 is 11.6 Å². The van der Waals surface area contributed by atoms with Gasteiger partial charge in [-0.1, -0.05) is 0 Å². The second-order valence-corrected chi connectivity index (χ2v) is 7.19. The Balaban J connectivity index is 1.58. The third kappa shape index (κ3) is 2.28. The van der Waals surface area contributed by atoms with Crippen LogP contribution >= 0.6 is 0 Å². The highest BCUT2D eigenvalue weighted by molar-refractivity contribution is 5.94. The molecule has 4 bridgehead atoms. The van der Waals surface area contributed by atoms with Crippen molar-refractivity contribution in [2.45, 2.75) is 38.1 Å². The molecule has 2 heterocycles. The maximum atomic E-state index is 12.9. The van der Waals surface area contributed by atoms with Crippen LogP contribution in [0.3, 0.4) is 0 Å². The Morgan fingerprint density at radius 2 is 1.59 bits per heavy atom. The first kappa shape index (κ1) is 13.7. The lowest BCUT2D eigenvalue weighted by Gasteiger charge is -2.39. The minimum Gasteiger partial charge on any atom is -0.335 e. The standard InChI is InChI=1S/C17H20N2O3/c20-17(14-1-3-15(4-2-14)19(21)22)18-10-13-6-11-5-12(7-13)9-16(18)8-11/h1-4,11-13,16H,5-10H2. The molecule has 1 amide bonds. The molecule has 4 fully saturated rings. The molecule has 0 spiro atoms. The maximum absolute atomic E-state index is 12.9. The van der Waals surface area contributed by atoms with Gasteiger partial charge in [0, 0.05) is 30.3 Å². The van der Waals surface area contributed by atoms with Crippen LogP contribution in [0.5, 0.6) is 0 Å². The van der Waals surface area contributed by atoms with Crippen molar-refractivity contribution in [3.8, 4) is 0 Å². The van der Waals surface area contributed by atoms with Crippen LogP contribution < -0.4 is 0 Å². The normalized spacial score (nSPS) is 32.8. The molecular weight excluding hydrogens is 280 g/mol. The number of amides is 1. The predicted molar refractivity (Wildman–Crippen MR) is 81.5 cm³/mol. The van der Waals surface area contributed by atoms with Gasteiger partial charge in [-0.2, -0.15) is 0 Å². The van der Waals surface area contributed by atoms with E-state index < -0.39 is 4.92 Å². The summed E-state index contributed by atoms with van der Waals surface area (Å²) in [7, 11) is 0. The van der Waals surface area contributed by atoms with Crippen molar-refractivity contribution in [3.05, 3.63) is 39.9 Å². The molecule has 116 valence electrons. The average molecular weight is 300 g/mol. The Morgan fingerprint density at radius 3 is 2.18 bits per heavy atom. The number of nitrogens with zero attached hydrogens (tertiary/aromatic N) is 2. The van der Waals surface area contributed by atoms with Crippen LogP contribution in [-0.2, 0) is 0 Å². The molecule has 0 N–H and O–H groups in total. The first-order chi connectivity index (χ1) is 10.6. The fourth-order valence-corrected chi connectivity index (χ4v) is 4.92. The fourth-order valence-electron chi connectivity index (χ4n) is 4.92. The van der Waals surface area contributed by atoms with E-state index in [1.54, 1.807) is 12.1 Å². The predicted octanol–water partition coefficient (Wildman–Crippen LogP) is 3.25. The summed E-state index contributed by atoms with van der Waals surface area (Å²) < 4.78 is 0. The molecule has 2 saturated carbocycles. The van der Waals surface area contributed by atoms with Crippen molar-refractivity contribution in [1.29, 1.82) is 0 Å². The zero-order chi connectivity index (χ0) is 15.3. The molecular formula is C17H20N2O3. The summed E-state index contributed by atoms with van der Waals surface area (Å²) in [5.74, 6) is 2.31. The highest BCUT2D eigenvalue weighted by atomic mass is 16.6. The van der Waals surface area contributed by atoms with Crippen molar-refractivity contribution in [3.63, 3.8) is 0 Å². The highest BCUT2D eigenvalue weighted by Gasteiger charge is 2.44.